The lowest BCUT2D eigenvalue weighted by Gasteiger charge is -2.38. The van der Waals surface area contributed by atoms with E-state index in [1.807, 2.05) is 0 Å². The summed E-state index contributed by atoms with van der Waals surface area (Å²) in [6.07, 6.45) is 4.72. The molecule has 1 aliphatic rings. The SMILES string of the molecule is CCCNC(C)(CO)CCN(C)C1CCCN(C)C1. The molecule has 0 bridgehead atoms. The number of hydrogen-bond donors (Lipinski definition) is 2. The van der Waals surface area contributed by atoms with Crippen LogP contribution in [0.1, 0.15) is 39.5 Å². The van der Waals surface area contributed by atoms with E-state index in [0.29, 0.717) is 6.04 Å². The smallest absolute Gasteiger partial charge is 0.0611 e. The van der Waals surface area contributed by atoms with Gasteiger partial charge in [-0.15, -0.1) is 0 Å². The fourth-order valence-corrected chi connectivity index (χ4v) is 2.75. The van der Waals surface area contributed by atoms with E-state index in [1.165, 1.54) is 25.9 Å². The second kappa shape index (κ2) is 8.20. The van der Waals surface area contributed by atoms with Crippen molar-refractivity contribution >= 4 is 0 Å². The highest BCUT2D eigenvalue weighted by Gasteiger charge is 2.25. The number of nitrogens with zero attached hydrogens (tertiary/aromatic N) is 2. The lowest BCUT2D eigenvalue weighted by Crippen LogP contribution is -2.50. The van der Waals surface area contributed by atoms with Gasteiger partial charge in [-0.1, -0.05) is 6.92 Å². The molecule has 1 heterocycles. The summed E-state index contributed by atoms with van der Waals surface area (Å²) in [4.78, 5) is 4.89. The molecular formula is C15H33N3O. The van der Waals surface area contributed by atoms with Crippen molar-refractivity contribution in [3.8, 4) is 0 Å². The lowest BCUT2D eigenvalue weighted by molar-refractivity contribution is 0.108. The molecule has 0 amide bonds. The van der Waals surface area contributed by atoms with Gasteiger partial charge in [-0.2, -0.15) is 0 Å². The first kappa shape index (κ1) is 16.9. The monoisotopic (exact) mass is 271 g/mol. The largest absolute Gasteiger partial charge is 0.394 e. The summed E-state index contributed by atoms with van der Waals surface area (Å²) in [5.41, 5.74) is -0.134. The maximum absolute atomic E-state index is 9.59. The van der Waals surface area contributed by atoms with Gasteiger partial charge >= 0.3 is 0 Å². The Labute approximate surface area is 119 Å². The van der Waals surface area contributed by atoms with Crippen LogP contribution in [0.4, 0.5) is 0 Å². The van der Waals surface area contributed by atoms with Crippen molar-refractivity contribution < 1.29 is 5.11 Å². The Hall–Kier alpha value is -0.160. The van der Waals surface area contributed by atoms with E-state index in [-0.39, 0.29) is 12.1 Å². The lowest BCUT2D eigenvalue weighted by atomic mass is 9.97. The molecule has 4 nitrogen and oxygen atoms in total. The highest BCUT2D eigenvalue weighted by Crippen LogP contribution is 2.16. The molecule has 2 N–H and O–H groups in total. The average Bonchev–Trinajstić information content (AvgIpc) is 2.42. The highest BCUT2D eigenvalue weighted by atomic mass is 16.3. The number of likely N-dealkylation sites (tertiary alicyclic amines) is 1. The molecule has 0 radical (unpaired) electrons. The molecule has 1 saturated heterocycles. The molecule has 4 heteroatoms. The molecule has 1 rings (SSSR count). The molecule has 19 heavy (non-hydrogen) atoms. The van der Waals surface area contributed by atoms with Gasteiger partial charge in [0.25, 0.3) is 0 Å². The molecule has 0 spiro atoms. The summed E-state index contributed by atoms with van der Waals surface area (Å²) >= 11 is 0. The summed E-state index contributed by atoms with van der Waals surface area (Å²) in [6.45, 7) is 8.94. The zero-order chi connectivity index (χ0) is 14.3. The Morgan fingerprint density at radius 3 is 2.79 bits per heavy atom. The van der Waals surface area contributed by atoms with Crippen molar-refractivity contribution in [3.05, 3.63) is 0 Å². The third-order valence-electron chi connectivity index (χ3n) is 4.39. The molecule has 0 aliphatic carbocycles. The third-order valence-corrected chi connectivity index (χ3v) is 4.39. The number of aliphatic hydroxyl groups is 1. The minimum absolute atomic E-state index is 0.134. The van der Waals surface area contributed by atoms with E-state index in [9.17, 15) is 5.11 Å². The summed E-state index contributed by atoms with van der Waals surface area (Å²) in [5, 5.41) is 13.1. The van der Waals surface area contributed by atoms with Crippen molar-refractivity contribution in [2.75, 3.05) is 46.9 Å². The minimum atomic E-state index is -0.134. The summed E-state index contributed by atoms with van der Waals surface area (Å²) in [5.74, 6) is 0. The molecule has 1 aliphatic heterocycles. The molecular weight excluding hydrogens is 238 g/mol. The fourth-order valence-electron chi connectivity index (χ4n) is 2.75. The summed E-state index contributed by atoms with van der Waals surface area (Å²) in [6, 6.07) is 0.674. The Bertz CT molecular complexity index is 250. The zero-order valence-electron chi connectivity index (χ0n) is 13.3. The van der Waals surface area contributed by atoms with Crippen LogP contribution in [0.2, 0.25) is 0 Å². The van der Waals surface area contributed by atoms with Crippen LogP contribution in [0.15, 0.2) is 0 Å². The van der Waals surface area contributed by atoms with Gasteiger partial charge < -0.3 is 20.2 Å². The predicted molar refractivity (Wildman–Crippen MR) is 81.6 cm³/mol. The molecule has 114 valence electrons. The van der Waals surface area contributed by atoms with E-state index >= 15 is 0 Å². The van der Waals surface area contributed by atoms with Crippen LogP contribution in [0, 0.1) is 0 Å². The number of aliphatic hydroxyl groups excluding tert-OH is 1. The summed E-state index contributed by atoms with van der Waals surface area (Å²) < 4.78 is 0. The van der Waals surface area contributed by atoms with E-state index in [4.69, 9.17) is 0 Å². The van der Waals surface area contributed by atoms with Gasteiger partial charge in [0.05, 0.1) is 6.61 Å². The first-order chi connectivity index (χ1) is 9.00. The number of hydrogen-bond acceptors (Lipinski definition) is 4. The topological polar surface area (TPSA) is 38.7 Å². The van der Waals surface area contributed by atoms with Gasteiger partial charge in [0, 0.05) is 24.7 Å². The van der Waals surface area contributed by atoms with Crippen LogP contribution in [0.3, 0.4) is 0 Å². The second-order valence-corrected chi connectivity index (χ2v) is 6.43. The number of nitrogens with one attached hydrogen (secondary N) is 1. The van der Waals surface area contributed by atoms with Crippen molar-refractivity contribution in [1.82, 2.24) is 15.1 Å². The quantitative estimate of drug-likeness (QED) is 0.695. The number of likely N-dealkylation sites (N-methyl/N-ethyl adjacent to an activating group) is 2. The first-order valence-corrected chi connectivity index (χ1v) is 7.75. The standard InChI is InChI=1S/C15H33N3O/c1-5-9-16-15(2,13-19)8-11-18(4)14-7-6-10-17(3)12-14/h14,16,19H,5-13H2,1-4H3. The third kappa shape index (κ3) is 5.78. The predicted octanol–water partition coefficient (Wildman–Crippen LogP) is 1.15. The van der Waals surface area contributed by atoms with Crippen molar-refractivity contribution in [1.29, 1.82) is 0 Å². The Balaban J connectivity index is 2.36. The van der Waals surface area contributed by atoms with Gasteiger partial charge in [0.2, 0.25) is 0 Å². The number of rotatable bonds is 8. The normalized spacial score (nSPS) is 24.6. The van der Waals surface area contributed by atoms with Crippen LogP contribution in [0.25, 0.3) is 0 Å². The summed E-state index contributed by atoms with van der Waals surface area (Å²) in [7, 11) is 4.43. The molecule has 0 saturated carbocycles. The molecule has 0 aromatic carbocycles. The van der Waals surface area contributed by atoms with Crippen molar-refractivity contribution in [3.63, 3.8) is 0 Å². The van der Waals surface area contributed by atoms with E-state index in [2.05, 4.69) is 43.1 Å². The number of piperidine rings is 1. The second-order valence-electron chi connectivity index (χ2n) is 6.43. The van der Waals surface area contributed by atoms with E-state index in [0.717, 1.165) is 25.9 Å². The Kier molecular flexibility index (Phi) is 7.29. The van der Waals surface area contributed by atoms with Crippen LogP contribution < -0.4 is 5.32 Å². The van der Waals surface area contributed by atoms with Gasteiger partial charge in [-0.25, -0.2) is 0 Å². The highest BCUT2D eigenvalue weighted by molar-refractivity contribution is 4.85. The average molecular weight is 271 g/mol. The minimum Gasteiger partial charge on any atom is -0.394 e. The van der Waals surface area contributed by atoms with Crippen molar-refractivity contribution in [2.24, 2.45) is 0 Å². The van der Waals surface area contributed by atoms with Gasteiger partial charge in [0.1, 0.15) is 0 Å². The van der Waals surface area contributed by atoms with Crippen LogP contribution >= 0.6 is 0 Å². The van der Waals surface area contributed by atoms with Crippen molar-refractivity contribution in [2.45, 2.75) is 51.1 Å². The molecule has 1 fully saturated rings. The van der Waals surface area contributed by atoms with Gasteiger partial charge in [-0.05, 0) is 59.8 Å². The Morgan fingerprint density at radius 1 is 1.47 bits per heavy atom. The maximum atomic E-state index is 9.59. The van der Waals surface area contributed by atoms with E-state index < -0.39 is 0 Å². The van der Waals surface area contributed by atoms with Crippen LogP contribution in [0.5, 0.6) is 0 Å². The van der Waals surface area contributed by atoms with Crippen LogP contribution in [-0.4, -0.2) is 73.4 Å². The molecule has 0 aromatic heterocycles. The van der Waals surface area contributed by atoms with Crippen LogP contribution in [-0.2, 0) is 0 Å². The molecule has 0 aromatic rings. The zero-order valence-corrected chi connectivity index (χ0v) is 13.3. The van der Waals surface area contributed by atoms with Gasteiger partial charge in [-0.3, -0.25) is 0 Å². The van der Waals surface area contributed by atoms with E-state index in [1.54, 1.807) is 0 Å². The fraction of sp³-hybridized carbons (Fsp3) is 1.00. The first-order valence-electron chi connectivity index (χ1n) is 7.75. The maximum Gasteiger partial charge on any atom is 0.0611 e. The van der Waals surface area contributed by atoms with Gasteiger partial charge in [0.15, 0.2) is 0 Å². The molecule has 2 atom stereocenters. The Morgan fingerprint density at radius 2 is 2.21 bits per heavy atom. The molecule has 2 unspecified atom stereocenters.